The maximum Gasteiger partial charge on any atom is 0.241 e. The van der Waals surface area contributed by atoms with Gasteiger partial charge in [0.15, 0.2) is 0 Å². The van der Waals surface area contributed by atoms with E-state index in [2.05, 4.69) is 5.32 Å². The van der Waals surface area contributed by atoms with Crippen LogP contribution in [0.1, 0.15) is 12.0 Å². The number of carbonyl (C=O) groups is 1. The Bertz CT molecular complexity index is 853. The summed E-state index contributed by atoms with van der Waals surface area (Å²) in [7, 11) is -2.67. The third kappa shape index (κ3) is 4.53. The number of nitrogens with two attached hydrogens (primary N) is 1. The van der Waals surface area contributed by atoms with E-state index in [1.165, 1.54) is 31.4 Å². The molecular formula is C16H17FN2O4S. The van der Waals surface area contributed by atoms with Gasteiger partial charge in [0, 0.05) is 12.1 Å². The maximum atomic E-state index is 13.5. The fourth-order valence-corrected chi connectivity index (χ4v) is 2.87. The SMILES string of the molecule is COc1ccc(NC(=O)CCc2ccccc2F)cc1S(N)(=O)=O. The van der Waals surface area contributed by atoms with Crippen molar-refractivity contribution >= 4 is 21.6 Å². The van der Waals surface area contributed by atoms with E-state index in [-0.39, 0.29) is 40.9 Å². The number of hydrogen-bond acceptors (Lipinski definition) is 4. The van der Waals surface area contributed by atoms with Gasteiger partial charge in [0.2, 0.25) is 15.9 Å². The first-order valence-electron chi connectivity index (χ1n) is 7.05. The van der Waals surface area contributed by atoms with Gasteiger partial charge in [-0.1, -0.05) is 18.2 Å². The van der Waals surface area contributed by atoms with Crippen LogP contribution in [0.4, 0.5) is 10.1 Å². The maximum absolute atomic E-state index is 13.5. The summed E-state index contributed by atoms with van der Waals surface area (Å²) in [6.45, 7) is 0. The molecular weight excluding hydrogens is 335 g/mol. The van der Waals surface area contributed by atoms with Gasteiger partial charge >= 0.3 is 0 Å². The molecule has 0 radical (unpaired) electrons. The Morgan fingerprint density at radius 2 is 1.96 bits per heavy atom. The first-order chi connectivity index (χ1) is 11.3. The van der Waals surface area contributed by atoms with Gasteiger partial charge in [0.25, 0.3) is 0 Å². The van der Waals surface area contributed by atoms with E-state index >= 15 is 0 Å². The van der Waals surface area contributed by atoms with E-state index in [9.17, 15) is 17.6 Å². The Morgan fingerprint density at radius 3 is 2.58 bits per heavy atom. The molecule has 0 heterocycles. The molecule has 2 aromatic carbocycles. The first kappa shape index (κ1) is 17.9. The quantitative estimate of drug-likeness (QED) is 0.831. The monoisotopic (exact) mass is 352 g/mol. The number of ether oxygens (including phenoxy) is 1. The molecule has 0 unspecified atom stereocenters. The van der Waals surface area contributed by atoms with Crippen LogP contribution >= 0.6 is 0 Å². The number of halogens is 1. The molecule has 0 saturated heterocycles. The molecule has 0 atom stereocenters. The fraction of sp³-hybridized carbons (Fsp3) is 0.188. The lowest BCUT2D eigenvalue weighted by molar-refractivity contribution is -0.116. The van der Waals surface area contributed by atoms with Crippen LogP contribution in [0.3, 0.4) is 0 Å². The summed E-state index contributed by atoms with van der Waals surface area (Å²) in [5, 5.41) is 7.68. The third-order valence-electron chi connectivity index (χ3n) is 3.33. The van der Waals surface area contributed by atoms with Crippen molar-refractivity contribution in [1.29, 1.82) is 0 Å². The minimum atomic E-state index is -3.99. The average molecular weight is 352 g/mol. The molecule has 3 N–H and O–H groups in total. The smallest absolute Gasteiger partial charge is 0.241 e. The lowest BCUT2D eigenvalue weighted by atomic mass is 10.1. The number of rotatable bonds is 6. The van der Waals surface area contributed by atoms with Crippen molar-refractivity contribution in [2.75, 3.05) is 12.4 Å². The molecule has 128 valence electrons. The van der Waals surface area contributed by atoms with Crippen molar-refractivity contribution in [3.63, 3.8) is 0 Å². The van der Waals surface area contributed by atoms with Crippen molar-refractivity contribution < 1.29 is 22.3 Å². The number of methoxy groups -OCH3 is 1. The van der Waals surface area contributed by atoms with Crippen LogP contribution in [0.25, 0.3) is 0 Å². The van der Waals surface area contributed by atoms with Crippen LogP contribution in [0, 0.1) is 5.82 Å². The first-order valence-corrected chi connectivity index (χ1v) is 8.60. The van der Waals surface area contributed by atoms with Crippen LogP contribution in [-0.4, -0.2) is 21.4 Å². The summed E-state index contributed by atoms with van der Waals surface area (Å²) in [6, 6.07) is 10.3. The van der Waals surface area contributed by atoms with Gasteiger partial charge in [0.05, 0.1) is 7.11 Å². The van der Waals surface area contributed by atoms with Crippen LogP contribution in [0.15, 0.2) is 47.4 Å². The van der Waals surface area contributed by atoms with Gasteiger partial charge in [-0.25, -0.2) is 17.9 Å². The van der Waals surface area contributed by atoms with E-state index in [0.717, 1.165) is 0 Å². The molecule has 0 spiro atoms. The molecule has 0 aliphatic heterocycles. The number of amides is 1. The van der Waals surface area contributed by atoms with Crippen LogP contribution in [-0.2, 0) is 21.2 Å². The zero-order valence-corrected chi connectivity index (χ0v) is 13.8. The van der Waals surface area contributed by atoms with E-state index < -0.39 is 10.0 Å². The predicted octanol–water partition coefficient (Wildman–Crippen LogP) is 2.05. The zero-order valence-electron chi connectivity index (χ0n) is 13.0. The van der Waals surface area contributed by atoms with E-state index in [0.29, 0.717) is 5.56 Å². The molecule has 6 nitrogen and oxygen atoms in total. The summed E-state index contributed by atoms with van der Waals surface area (Å²) < 4.78 is 41.5. The van der Waals surface area contributed by atoms with Crippen molar-refractivity contribution in [3.05, 3.63) is 53.8 Å². The van der Waals surface area contributed by atoms with Crippen molar-refractivity contribution in [3.8, 4) is 5.75 Å². The van der Waals surface area contributed by atoms with Crippen molar-refractivity contribution in [2.45, 2.75) is 17.7 Å². The Morgan fingerprint density at radius 1 is 1.25 bits per heavy atom. The van der Waals surface area contributed by atoms with E-state index in [1.54, 1.807) is 18.2 Å². The number of benzene rings is 2. The van der Waals surface area contributed by atoms with Crippen LogP contribution in [0.2, 0.25) is 0 Å². The fourth-order valence-electron chi connectivity index (χ4n) is 2.15. The van der Waals surface area contributed by atoms with Gasteiger partial charge in [0.1, 0.15) is 16.5 Å². The van der Waals surface area contributed by atoms with Gasteiger partial charge in [-0.2, -0.15) is 0 Å². The van der Waals surface area contributed by atoms with E-state index in [1.807, 2.05) is 0 Å². The largest absolute Gasteiger partial charge is 0.495 e. The Labute approximate surface area is 139 Å². The highest BCUT2D eigenvalue weighted by Crippen LogP contribution is 2.26. The second-order valence-electron chi connectivity index (χ2n) is 5.05. The van der Waals surface area contributed by atoms with Crippen LogP contribution < -0.4 is 15.2 Å². The number of anilines is 1. The van der Waals surface area contributed by atoms with Crippen molar-refractivity contribution in [2.24, 2.45) is 5.14 Å². The highest BCUT2D eigenvalue weighted by atomic mass is 32.2. The van der Waals surface area contributed by atoms with Gasteiger partial charge < -0.3 is 10.1 Å². The number of nitrogens with one attached hydrogen (secondary N) is 1. The number of primary sulfonamides is 1. The minimum Gasteiger partial charge on any atom is -0.495 e. The topological polar surface area (TPSA) is 98.5 Å². The average Bonchev–Trinajstić information content (AvgIpc) is 2.53. The number of hydrogen-bond donors (Lipinski definition) is 2. The molecule has 8 heteroatoms. The van der Waals surface area contributed by atoms with Gasteiger partial charge in [-0.05, 0) is 36.2 Å². The molecule has 0 aliphatic carbocycles. The summed E-state index contributed by atoms with van der Waals surface area (Å²) >= 11 is 0. The Kier molecular flexibility index (Phi) is 5.53. The molecule has 0 fully saturated rings. The standard InChI is InChI=1S/C16H17FN2O4S/c1-23-14-8-7-12(10-15(14)24(18,21)22)19-16(20)9-6-11-4-2-3-5-13(11)17/h2-5,7-8,10H,6,9H2,1H3,(H,19,20)(H2,18,21,22). The molecule has 0 saturated carbocycles. The molecule has 0 bridgehead atoms. The molecule has 0 aliphatic rings. The van der Waals surface area contributed by atoms with Gasteiger partial charge in [-0.3, -0.25) is 4.79 Å². The second-order valence-corrected chi connectivity index (χ2v) is 6.58. The summed E-state index contributed by atoms with van der Waals surface area (Å²) in [6.07, 6.45) is 0.286. The summed E-state index contributed by atoms with van der Waals surface area (Å²) in [5.41, 5.74) is 0.700. The molecule has 0 aromatic heterocycles. The van der Waals surface area contributed by atoms with E-state index in [4.69, 9.17) is 9.88 Å². The number of carbonyl (C=O) groups excluding carboxylic acids is 1. The third-order valence-corrected chi connectivity index (χ3v) is 4.27. The summed E-state index contributed by atoms with van der Waals surface area (Å²) in [5.74, 6) is -0.656. The normalized spacial score (nSPS) is 11.1. The molecule has 2 rings (SSSR count). The Hall–Kier alpha value is -2.45. The zero-order chi connectivity index (χ0) is 17.7. The number of aryl methyl sites for hydroxylation is 1. The Balaban J connectivity index is 2.08. The predicted molar refractivity (Wildman–Crippen MR) is 87.7 cm³/mol. The highest BCUT2D eigenvalue weighted by molar-refractivity contribution is 7.89. The van der Waals surface area contributed by atoms with Crippen LogP contribution in [0.5, 0.6) is 5.75 Å². The lowest BCUT2D eigenvalue weighted by Crippen LogP contribution is -2.16. The summed E-state index contributed by atoms with van der Waals surface area (Å²) in [4.78, 5) is 11.7. The molecule has 2 aromatic rings. The molecule has 1 amide bonds. The minimum absolute atomic E-state index is 0.0532. The molecule has 24 heavy (non-hydrogen) atoms. The second kappa shape index (κ2) is 7.41. The van der Waals surface area contributed by atoms with Gasteiger partial charge in [-0.15, -0.1) is 0 Å². The number of sulfonamides is 1. The van der Waals surface area contributed by atoms with Crippen molar-refractivity contribution in [1.82, 2.24) is 0 Å². The highest BCUT2D eigenvalue weighted by Gasteiger charge is 2.16. The lowest BCUT2D eigenvalue weighted by Gasteiger charge is -2.10.